The van der Waals surface area contributed by atoms with E-state index >= 15 is 0 Å². The van der Waals surface area contributed by atoms with E-state index in [0.29, 0.717) is 5.84 Å². The molecule has 2 atom stereocenters. The fraction of sp³-hybridized carbons (Fsp3) is 0.875. The lowest BCUT2D eigenvalue weighted by atomic mass is 10.2. The Kier molecular flexibility index (Phi) is 3.49. The molecular formula is C8H17N2O2+. The van der Waals surface area contributed by atoms with Crippen LogP contribution in [-0.4, -0.2) is 24.8 Å². The summed E-state index contributed by atoms with van der Waals surface area (Å²) in [6.07, 6.45) is 2.89. The predicted molar refractivity (Wildman–Crippen MR) is 45.3 cm³/mol. The van der Waals surface area contributed by atoms with Crippen LogP contribution in [0.4, 0.5) is 0 Å². The minimum absolute atomic E-state index is 0.115. The van der Waals surface area contributed by atoms with Gasteiger partial charge in [0.1, 0.15) is 0 Å². The highest BCUT2D eigenvalue weighted by atomic mass is 16.7. The van der Waals surface area contributed by atoms with E-state index < -0.39 is 0 Å². The lowest BCUT2D eigenvalue weighted by molar-refractivity contribution is -0.187. The Bertz CT molecular complexity index is 155. The third kappa shape index (κ3) is 2.79. The molecule has 0 radical (unpaired) electrons. The highest BCUT2D eigenvalue weighted by molar-refractivity contribution is 5.78. The van der Waals surface area contributed by atoms with Crippen LogP contribution >= 0.6 is 0 Å². The Labute approximate surface area is 72.5 Å². The number of nitrogens with two attached hydrogens (primary N) is 2. The summed E-state index contributed by atoms with van der Waals surface area (Å²) >= 11 is 0. The molecule has 0 bridgehead atoms. The molecule has 0 aromatic rings. The van der Waals surface area contributed by atoms with Gasteiger partial charge in [-0.1, -0.05) is 0 Å². The molecule has 1 rings (SSSR count). The van der Waals surface area contributed by atoms with Gasteiger partial charge in [0.2, 0.25) is 0 Å². The molecule has 2 unspecified atom stereocenters. The largest absolute Gasteiger partial charge is 0.353 e. The third-order valence-electron chi connectivity index (χ3n) is 1.96. The first-order chi connectivity index (χ1) is 5.70. The topological polar surface area (TPSA) is 70.1 Å². The summed E-state index contributed by atoms with van der Waals surface area (Å²) in [5.74, 6) is 0.309. The number of hydrogen-bond donors (Lipinski definition) is 2. The van der Waals surface area contributed by atoms with Crippen molar-refractivity contribution in [2.45, 2.75) is 38.6 Å². The van der Waals surface area contributed by atoms with Gasteiger partial charge in [-0.05, 0) is 26.2 Å². The third-order valence-corrected chi connectivity index (χ3v) is 1.96. The second kappa shape index (κ2) is 4.42. The molecule has 4 nitrogen and oxygen atoms in total. The molecule has 0 spiro atoms. The van der Waals surface area contributed by atoms with Crippen molar-refractivity contribution in [3.8, 4) is 0 Å². The van der Waals surface area contributed by atoms with Gasteiger partial charge in [0.15, 0.2) is 12.4 Å². The molecule has 1 fully saturated rings. The van der Waals surface area contributed by atoms with Crippen molar-refractivity contribution in [2.75, 3.05) is 6.61 Å². The van der Waals surface area contributed by atoms with E-state index in [4.69, 9.17) is 20.6 Å². The first kappa shape index (κ1) is 9.48. The zero-order valence-electron chi connectivity index (χ0n) is 7.45. The number of hydrogen-bond acceptors (Lipinski definition) is 2. The van der Waals surface area contributed by atoms with Crippen LogP contribution < -0.4 is 11.1 Å². The van der Waals surface area contributed by atoms with Crippen molar-refractivity contribution in [1.29, 1.82) is 0 Å². The monoisotopic (exact) mass is 173 g/mol. The molecule has 4 heteroatoms. The summed E-state index contributed by atoms with van der Waals surface area (Å²) < 4.78 is 10.8. The van der Waals surface area contributed by atoms with Crippen molar-refractivity contribution < 1.29 is 14.9 Å². The van der Waals surface area contributed by atoms with Gasteiger partial charge in [0.25, 0.3) is 5.84 Å². The van der Waals surface area contributed by atoms with Gasteiger partial charge in [0.05, 0.1) is 0 Å². The van der Waals surface area contributed by atoms with Crippen molar-refractivity contribution in [3.05, 3.63) is 0 Å². The number of rotatable bonds is 3. The molecule has 0 amide bonds. The summed E-state index contributed by atoms with van der Waals surface area (Å²) in [5, 5.41) is 5.37. The lowest BCUT2D eigenvalue weighted by Gasteiger charge is -2.24. The maximum atomic E-state index is 5.44. The van der Waals surface area contributed by atoms with E-state index in [-0.39, 0.29) is 12.4 Å². The second-order valence-electron chi connectivity index (χ2n) is 3.07. The molecule has 0 aromatic carbocycles. The van der Waals surface area contributed by atoms with Gasteiger partial charge in [-0.2, -0.15) is 0 Å². The zero-order valence-corrected chi connectivity index (χ0v) is 7.45. The SMILES string of the molecule is CC(OC1CCCCO1)C(N)=[NH2+]. The fourth-order valence-electron chi connectivity index (χ4n) is 1.12. The van der Waals surface area contributed by atoms with Crippen LogP contribution in [0.5, 0.6) is 0 Å². The fourth-order valence-corrected chi connectivity index (χ4v) is 1.12. The maximum Gasteiger partial charge on any atom is 0.267 e. The van der Waals surface area contributed by atoms with Crippen molar-refractivity contribution in [1.82, 2.24) is 0 Å². The minimum atomic E-state index is -0.215. The van der Waals surface area contributed by atoms with E-state index in [0.717, 1.165) is 25.9 Å². The Morgan fingerprint density at radius 3 is 2.92 bits per heavy atom. The average molecular weight is 173 g/mol. The Hall–Kier alpha value is -0.610. The van der Waals surface area contributed by atoms with Crippen LogP contribution in [-0.2, 0) is 9.47 Å². The minimum Gasteiger partial charge on any atom is -0.353 e. The molecule has 0 saturated carbocycles. The summed E-state index contributed by atoms with van der Waals surface area (Å²) in [5.41, 5.74) is 5.37. The first-order valence-electron chi connectivity index (χ1n) is 4.35. The Balaban J connectivity index is 2.24. The van der Waals surface area contributed by atoms with E-state index in [1.54, 1.807) is 0 Å². The predicted octanol–water partition coefficient (Wildman–Crippen LogP) is -0.966. The molecule has 1 saturated heterocycles. The molecule has 0 aliphatic carbocycles. The summed E-state index contributed by atoms with van der Waals surface area (Å²) in [6.45, 7) is 2.61. The highest BCUT2D eigenvalue weighted by Gasteiger charge is 2.20. The van der Waals surface area contributed by atoms with E-state index in [1.807, 2.05) is 6.92 Å². The summed E-state index contributed by atoms with van der Waals surface area (Å²) in [7, 11) is 0. The van der Waals surface area contributed by atoms with Crippen molar-refractivity contribution in [3.63, 3.8) is 0 Å². The second-order valence-corrected chi connectivity index (χ2v) is 3.07. The van der Waals surface area contributed by atoms with Crippen molar-refractivity contribution in [2.24, 2.45) is 5.73 Å². The lowest BCUT2D eigenvalue weighted by Crippen LogP contribution is -2.53. The van der Waals surface area contributed by atoms with Gasteiger partial charge < -0.3 is 9.47 Å². The van der Waals surface area contributed by atoms with Crippen LogP contribution in [0.15, 0.2) is 0 Å². The van der Waals surface area contributed by atoms with Gasteiger partial charge in [-0.3, -0.25) is 11.1 Å². The standard InChI is InChI=1S/C8H16N2O2/c1-6(8(9)10)12-7-4-2-3-5-11-7/h6-7H,2-5H2,1H3,(H3,9,10)/p+1. The van der Waals surface area contributed by atoms with Gasteiger partial charge in [-0.15, -0.1) is 0 Å². The molecule has 70 valence electrons. The van der Waals surface area contributed by atoms with Crippen molar-refractivity contribution >= 4 is 5.84 Å². The van der Waals surface area contributed by atoms with Crippen LogP contribution in [0, 0.1) is 0 Å². The first-order valence-corrected chi connectivity index (χ1v) is 4.35. The number of ether oxygens (including phenoxy) is 2. The molecule has 12 heavy (non-hydrogen) atoms. The van der Waals surface area contributed by atoms with Crippen LogP contribution in [0.2, 0.25) is 0 Å². The van der Waals surface area contributed by atoms with Gasteiger partial charge in [0, 0.05) is 6.61 Å². The summed E-state index contributed by atoms with van der Waals surface area (Å²) in [4.78, 5) is 0. The number of amidine groups is 1. The van der Waals surface area contributed by atoms with Crippen LogP contribution in [0.3, 0.4) is 0 Å². The van der Waals surface area contributed by atoms with Gasteiger partial charge in [-0.25, -0.2) is 0 Å². The molecule has 1 heterocycles. The Morgan fingerprint density at radius 1 is 1.67 bits per heavy atom. The normalized spacial score (nSPS) is 26.6. The molecule has 0 aromatic heterocycles. The smallest absolute Gasteiger partial charge is 0.267 e. The average Bonchev–Trinajstić information content (AvgIpc) is 2.06. The van der Waals surface area contributed by atoms with E-state index in [2.05, 4.69) is 0 Å². The Morgan fingerprint density at radius 2 is 2.42 bits per heavy atom. The van der Waals surface area contributed by atoms with Gasteiger partial charge >= 0.3 is 0 Å². The molecule has 1 aliphatic rings. The molecular weight excluding hydrogens is 156 g/mol. The highest BCUT2D eigenvalue weighted by Crippen LogP contribution is 2.14. The van der Waals surface area contributed by atoms with E-state index in [9.17, 15) is 0 Å². The summed E-state index contributed by atoms with van der Waals surface area (Å²) in [6, 6.07) is 0. The maximum absolute atomic E-state index is 5.44. The molecule has 4 N–H and O–H groups in total. The van der Waals surface area contributed by atoms with Crippen LogP contribution in [0.25, 0.3) is 0 Å². The van der Waals surface area contributed by atoms with Crippen LogP contribution in [0.1, 0.15) is 26.2 Å². The zero-order chi connectivity index (χ0) is 8.97. The quantitative estimate of drug-likeness (QED) is 0.426. The van der Waals surface area contributed by atoms with E-state index in [1.165, 1.54) is 0 Å². The molecule has 1 aliphatic heterocycles.